The van der Waals surface area contributed by atoms with Crippen molar-refractivity contribution in [3.8, 4) is 0 Å². The van der Waals surface area contributed by atoms with Crippen LogP contribution < -0.4 is 0 Å². The van der Waals surface area contributed by atoms with Gasteiger partial charge in [0.2, 0.25) is 5.78 Å². The Hall–Kier alpha value is -1.92. The molecule has 0 spiro atoms. The van der Waals surface area contributed by atoms with Crippen molar-refractivity contribution < 1.29 is 32.0 Å². The SMILES string of the molecule is CCOP(=O)(OCC)C1(P(=O)(OCC)OCC)C(=O)c2ccccc2N=C1c1ccccc1. The van der Waals surface area contributed by atoms with E-state index in [4.69, 9.17) is 23.1 Å². The second-order valence-corrected chi connectivity index (χ2v) is 11.7. The number of fused-ring (bicyclic) bond motifs is 1. The molecule has 178 valence electrons. The molecule has 10 heteroatoms. The van der Waals surface area contributed by atoms with Gasteiger partial charge in [0, 0.05) is 5.56 Å². The summed E-state index contributed by atoms with van der Waals surface area (Å²) >= 11 is 0. The molecule has 0 radical (unpaired) electrons. The molecule has 0 aliphatic carbocycles. The first-order valence-electron chi connectivity index (χ1n) is 10.9. The van der Waals surface area contributed by atoms with E-state index in [1.807, 2.05) is 0 Å². The topological polar surface area (TPSA) is 100 Å². The van der Waals surface area contributed by atoms with Gasteiger partial charge in [-0.1, -0.05) is 42.5 Å². The smallest absolute Gasteiger partial charge is 0.307 e. The maximum Gasteiger partial charge on any atom is 0.363 e. The number of benzene rings is 2. The number of hydrogen-bond acceptors (Lipinski definition) is 8. The van der Waals surface area contributed by atoms with Gasteiger partial charge in [0.1, 0.15) is 0 Å². The molecule has 0 unspecified atom stereocenters. The van der Waals surface area contributed by atoms with Crippen molar-refractivity contribution >= 4 is 32.4 Å². The van der Waals surface area contributed by atoms with Crippen molar-refractivity contribution in [2.24, 2.45) is 4.99 Å². The van der Waals surface area contributed by atoms with E-state index in [9.17, 15) is 13.9 Å². The minimum absolute atomic E-state index is 0.0257. The summed E-state index contributed by atoms with van der Waals surface area (Å²) < 4.78 is 52.0. The van der Waals surface area contributed by atoms with Crippen LogP contribution in [0.15, 0.2) is 59.6 Å². The predicted octanol–water partition coefficient (Wildman–Crippen LogP) is 6.23. The molecule has 1 heterocycles. The van der Waals surface area contributed by atoms with Crippen molar-refractivity contribution in [1.29, 1.82) is 0 Å². The van der Waals surface area contributed by atoms with Crippen LogP contribution in [0.5, 0.6) is 0 Å². The lowest BCUT2D eigenvalue weighted by Crippen LogP contribution is -2.50. The van der Waals surface area contributed by atoms with E-state index < -0.39 is 25.9 Å². The third-order valence-electron chi connectivity index (χ3n) is 5.06. The molecule has 33 heavy (non-hydrogen) atoms. The number of aliphatic imine (C=N–C) groups is 1. The summed E-state index contributed by atoms with van der Waals surface area (Å²) in [4.78, 5) is 16.6. The lowest BCUT2D eigenvalue weighted by Gasteiger charge is -2.43. The molecule has 3 rings (SSSR count). The van der Waals surface area contributed by atoms with E-state index in [2.05, 4.69) is 0 Å². The molecule has 0 N–H and O–H groups in total. The van der Waals surface area contributed by atoms with Gasteiger partial charge in [0.25, 0.3) is 4.90 Å². The van der Waals surface area contributed by atoms with E-state index in [1.54, 1.807) is 82.3 Å². The Labute approximate surface area is 194 Å². The van der Waals surface area contributed by atoms with Gasteiger partial charge in [-0.05, 0) is 45.4 Å². The highest BCUT2D eigenvalue weighted by Crippen LogP contribution is 2.80. The number of para-hydroxylation sites is 1. The zero-order chi connectivity index (χ0) is 24.1. The van der Waals surface area contributed by atoms with Gasteiger partial charge in [-0.2, -0.15) is 0 Å². The maximum atomic E-state index is 14.6. The minimum Gasteiger partial charge on any atom is -0.307 e. The average Bonchev–Trinajstić information content (AvgIpc) is 2.80. The number of rotatable bonds is 11. The molecular formula is C23H29NO7P2. The molecule has 0 saturated carbocycles. The fourth-order valence-corrected chi connectivity index (χ4v) is 9.67. The van der Waals surface area contributed by atoms with Crippen molar-refractivity contribution in [1.82, 2.24) is 0 Å². The Balaban J connectivity index is 2.55. The summed E-state index contributed by atoms with van der Waals surface area (Å²) in [5, 5.41) is 0. The van der Waals surface area contributed by atoms with Gasteiger partial charge in [-0.25, -0.2) is 4.99 Å². The number of hydrogen-bond donors (Lipinski definition) is 0. The highest BCUT2D eigenvalue weighted by atomic mass is 31.2. The van der Waals surface area contributed by atoms with Crippen LogP contribution in [0.3, 0.4) is 0 Å². The molecule has 0 aromatic heterocycles. The first-order chi connectivity index (χ1) is 15.8. The minimum atomic E-state index is -4.53. The van der Waals surface area contributed by atoms with Crippen LogP contribution in [0.4, 0.5) is 5.69 Å². The normalized spacial score (nSPS) is 15.8. The highest BCUT2D eigenvalue weighted by molar-refractivity contribution is 7.78. The maximum absolute atomic E-state index is 14.6. The van der Waals surface area contributed by atoms with Gasteiger partial charge in [-0.15, -0.1) is 0 Å². The fourth-order valence-electron chi connectivity index (χ4n) is 3.90. The standard InChI is InChI=1S/C23H29NO7P2/c1-5-28-32(26,29-6-2)23(33(27,30-7-3)31-8-4)21(18-14-10-9-11-15-18)24-20-17-13-12-16-19(20)22(23)25/h9-17H,5-8H2,1-4H3. The summed E-state index contributed by atoms with van der Waals surface area (Å²) in [5.74, 6) is -0.734. The van der Waals surface area contributed by atoms with Crippen molar-refractivity contribution in [2.75, 3.05) is 26.4 Å². The van der Waals surface area contributed by atoms with E-state index in [1.165, 1.54) is 0 Å². The second-order valence-electron chi connectivity index (χ2n) is 7.01. The third kappa shape index (κ3) is 4.21. The molecule has 0 atom stereocenters. The zero-order valence-corrected chi connectivity index (χ0v) is 21.0. The lowest BCUT2D eigenvalue weighted by atomic mass is 9.95. The fraction of sp³-hybridized carbons (Fsp3) is 0.391. The van der Waals surface area contributed by atoms with E-state index in [0.717, 1.165) is 0 Å². The Morgan fingerprint density at radius 1 is 0.727 bits per heavy atom. The third-order valence-corrected chi connectivity index (χ3v) is 11.3. The molecule has 2 aromatic carbocycles. The van der Waals surface area contributed by atoms with E-state index in [0.29, 0.717) is 11.3 Å². The summed E-state index contributed by atoms with van der Waals surface area (Å²) in [5.41, 5.74) is 0.898. The van der Waals surface area contributed by atoms with Crippen LogP contribution in [0.1, 0.15) is 43.6 Å². The molecule has 0 saturated heterocycles. The van der Waals surface area contributed by atoms with Crippen LogP contribution in [-0.4, -0.2) is 42.8 Å². The van der Waals surface area contributed by atoms with Gasteiger partial charge in [-0.3, -0.25) is 13.9 Å². The second kappa shape index (κ2) is 10.6. The molecule has 8 nitrogen and oxygen atoms in total. The number of nitrogens with zero attached hydrogens (tertiary/aromatic N) is 1. The number of ketones is 1. The lowest BCUT2D eigenvalue weighted by molar-refractivity contribution is 0.0949. The van der Waals surface area contributed by atoms with Crippen LogP contribution in [0, 0.1) is 0 Å². The Morgan fingerprint density at radius 3 is 1.67 bits per heavy atom. The summed E-state index contributed by atoms with van der Waals surface area (Å²) in [6.07, 6.45) is 0. The average molecular weight is 493 g/mol. The predicted molar refractivity (Wildman–Crippen MR) is 128 cm³/mol. The zero-order valence-electron chi connectivity index (χ0n) is 19.2. The Morgan fingerprint density at radius 2 is 1.18 bits per heavy atom. The van der Waals surface area contributed by atoms with Crippen LogP contribution >= 0.6 is 15.2 Å². The van der Waals surface area contributed by atoms with Crippen LogP contribution in [-0.2, 0) is 27.2 Å². The molecule has 1 aliphatic heterocycles. The van der Waals surface area contributed by atoms with Crippen molar-refractivity contribution in [3.05, 3.63) is 65.7 Å². The van der Waals surface area contributed by atoms with Crippen LogP contribution in [0.25, 0.3) is 0 Å². The Bertz CT molecular complexity index is 1070. The van der Waals surface area contributed by atoms with Crippen LogP contribution in [0.2, 0.25) is 0 Å². The summed E-state index contributed by atoms with van der Waals surface area (Å²) in [6.45, 7) is 6.22. The molecular weight excluding hydrogens is 464 g/mol. The Kier molecular flexibility index (Phi) is 8.22. The molecule has 1 aliphatic rings. The van der Waals surface area contributed by atoms with Crippen molar-refractivity contribution in [2.45, 2.75) is 32.6 Å². The van der Waals surface area contributed by atoms with Gasteiger partial charge in [0.05, 0.1) is 37.8 Å². The molecule has 2 aromatic rings. The van der Waals surface area contributed by atoms with E-state index >= 15 is 0 Å². The highest BCUT2D eigenvalue weighted by Gasteiger charge is 2.74. The molecule has 0 fully saturated rings. The quantitative estimate of drug-likeness (QED) is 0.342. The summed E-state index contributed by atoms with van der Waals surface area (Å²) in [6, 6.07) is 15.3. The first kappa shape index (κ1) is 25.7. The molecule has 0 amide bonds. The monoisotopic (exact) mass is 493 g/mol. The first-order valence-corrected chi connectivity index (χ1v) is 14.0. The van der Waals surface area contributed by atoms with Gasteiger partial charge < -0.3 is 18.1 Å². The largest absolute Gasteiger partial charge is 0.363 e. The van der Waals surface area contributed by atoms with Gasteiger partial charge in [0.15, 0.2) is 0 Å². The number of Topliss-reactive ketones (excluding diaryl/α,β-unsaturated/α-hetero) is 1. The van der Waals surface area contributed by atoms with E-state index in [-0.39, 0.29) is 37.7 Å². The number of carbonyl (C=O) groups is 1. The van der Waals surface area contributed by atoms with Gasteiger partial charge >= 0.3 is 15.2 Å². The van der Waals surface area contributed by atoms with Crippen molar-refractivity contribution in [3.63, 3.8) is 0 Å². The molecule has 0 bridgehead atoms. The number of carbonyl (C=O) groups excluding carboxylic acids is 1. The summed E-state index contributed by atoms with van der Waals surface area (Å²) in [7, 11) is -9.07.